The molecule has 2 heteroatoms. The van der Waals surface area contributed by atoms with Gasteiger partial charge in [-0.3, -0.25) is 9.69 Å². The summed E-state index contributed by atoms with van der Waals surface area (Å²) >= 11 is 0. The highest BCUT2D eigenvalue weighted by Crippen LogP contribution is 2.22. The Morgan fingerprint density at radius 1 is 0.929 bits per heavy atom. The fraction of sp³-hybridized carbons (Fsp3) is 0.917. The second-order valence-electron chi connectivity index (χ2n) is 4.68. The first kappa shape index (κ1) is 10.2. The number of carbonyl (C=O) groups excluding carboxylic acids is 1. The van der Waals surface area contributed by atoms with Gasteiger partial charge in [-0.15, -0.1) is 0 Å². The molecule has 1 aliphatic heterocycles. The normalized spacial score (nSPS) is 31.4. The third kappa shape index (κ3) is 2.35. The molecule has 1 saturated carbocycles. The number of nitrogens with zero attached hydrogens (tertiary/aromatic N) is 1. The van der Waals surface area contributed by atoms with Crippen LogP contribution in [0.1, 0.15) is 51.4 Å². The molecule has 2 aliphatic rings. The number of ketones is 1. The lowest BCUT2D eigenvalue weighted by Gasteiger charge is -2.32. The molecule has 0 N–H and O–H groups in total. The van der Waals surface area contributed by atoms with E-state index in [2.05, 4.69) is 4.90 Å². The molecular formula is C12H21NO. The first-order valence-corrected chi connectivity index (χ1v) is 6.15. The van der Waals surface area contributed by atoms with Crippen molar-refractivity contribution in [1.29, 1.82) is 0 Å². The van der Waals surface area contributed by atoms with Crippen LogP contribution in [0.15, 0.2) is 0 Å². The summed E-state index contributed by atoms with van der Waals surface area (Å²) in [7, 11) is 0. The molecule has 80 valence electrons. The van der Waals surface area contributed by atoms with Crippen LogP contribution in [0, 0.1) is 0 Å². The van der Waals surface area contributed by atoms with Gasteiger partial charge < -0.3 is 0 Å². The summed E-state index contributed by atoms with van der Waals surface area (Å²) in [6.07, 6.45) is 9.65. The highest BCUT2D eigenvalue weighted by molar-refractivity contribution is 5.84. The molecule has 2 nitrogen and oxygen atoms in total. The van der Waals surface area contributed by atoms with Gasteiger partial charge in [-0.25, -0.2) is 0 Å². The Bertz CT molecular complexity index is 194. The zero-order valence-electron chi connectivity index (χ0n) is 9.00. The van der Waals surface area contributed by atoms with Gasteiger partial charge in [-0.05, 0) is 38.8 Å². The molecule has 1 aliphatic carbocycles. The van der Waals surface area contributed by atoms with Crippen molar-refractivity contribution in [2.45, 2.75) is 57.4 Å². The second kappa shape index (κ2) is 4.92. The van der Waals surface area contributed by atoms with Crippen molar-refractivity contribution in [3.8, 4) is 0 Å². The standard InChI is InChI=1S/C12H21NO/c14-12-8-4-3-7-11(12)13-9-5-1-2-6-10-13/h11H,1-10H2/t11-/m0/s1. The summed E-state index contributed by atoms with van der Waals surface area (Å²) in [6, 6.07) is 0.293. The van der Waals surface area contributed by atoms with Gasteiger partial charge in [0.15, 0.2) is 0 Å². The third-order valence-corrected chi connectivity index (χ3v) is 3.60. The minimum atomic E-state index is 0.293. The molecule has 0 bridgehead atoms. The van der Waals surface area contributed by atoms with Crippen LogP contribution in [0.2, 0.25) is 0 Å². The monoisotopic (exact) mass is 195 g/mol. The summed E-state index contributed by atoms with van der Waals surface area (Å²) in [5.74, 6) is 0.512. The molecule has 2 rings (SSSR count). The van der Waals surface area contributed by atoms with E-state index >= 15 is 0 Å². The molecule has 0 radical (unpaired) electrons. The number of rotatable bonds is 1. The van der Waals surface area contributed by atoms with E-state index in [9.17, 15) is 4.79 Å². The Kier molecular flexibility index (Phi) is 3.57. The molecule has 2 fully saturated rings. The van der Waals surface area contributed by atoms with Gasteiger partial charge in [0.25, 0.3) is 0 Å². The molecule has 0 amide bonds. The number of hydrogen-bond donors (Lipinski definition) is 0. The van der Waals surface area contributed by atoms with E-state index in [-0.39, 0.29) is 0 Å². The van der Waals surface area contributed by atoms with Gasteiger partial charge in [-0.2, -0.15) is 0 Å². The van der Waals surface area contributed by atoms with Gasteiger partial charge in [-0.1, -0.05) is 19.3 Å². The Morgan fingerprint density at radius 2 is 1.64 bits per heavy atom. The van der Waals surface area contributed by atoms with Crippen LogP contribution in [-0.4, -0.2) is 29.8 Å². The van der Waals surface area contributed by atoms with Gasteiger partial charge in [0, 0.05) is 6.42 Å². The lowest BCUT2D eigenvalue weighted by molar-refractivity contribution is -0.126. The molecule has 14 heavy (non-hydrogen) atoms. The quantitative estimate of drug-likeness (QED) is 0.640. The zero-order chi connectivity index (χ0) is 9.80. The first-order chi connectivity index (χ1) is 6.88. The smallest absolute Gasteiger partial charge is 0.149 e. The van der Waals surface area contributed by atoms with Crippen LogP contribution in [-0.2, 0) is 4.79 Å². The first-order valence-electron chi connectivity index (χ1n) is 6.15. The maximum Gasteiger partial charge on any atom is 0.149 e. The fourth-order valence-electron chi connectivity index (χ4n) is 2.76. The summed E-state index contributed by atoms with van der Waals surface area (Å²) in [5, 5.41) is 0. The molecule has 0 aromatic heterocycles. The predicted molar refractivity (Wildman–Crippen MR) is 57.3 cm³/mol. The molecule has 0 unspecified atom stereocenters. The van der Waals surface area contributed by atoms with Crippen molar-refractivity contribution in [2.24, 2.45) is 0 Å². The van der Waals surface area contributed by atoms with E-state index in [1.54, 1.807) is 0 Å². The second-order valence-corrected chi connectivity index (χ2v) is 4.68. The zero-order valence-corrected chi connectivity index (χ0v) is 9.00. The summed E-state index contributed by atoms with van der Waals surface area (Å²) in [4.78, 5) is 14.2. The van der Waals surface area contributed by atoms with Gasteiger partial charge in [0.2, 0.25) is 0 Å². The maximum absolute atomic E-state index is 11.8. The van der Waals surface area contributed by atoms with Crippen LogP contribution in [0.3, 0.4) is 0 Å². The number of likely N-dealkylation sites (tertiary alicyclic amines) is 1. The molecule has 1 saturated heterocycles. The van der Waals surface area contributed by atoms with Crippen molar-refractivity contribution in [2.75, 3.05) is 13.1 Å². The van der Waals surface area contributed by atoms with Crippen LogP contribution >= 0.6 is 0 Å². The average molecular weight is 195 g/mol. The Hall–Kier alpha value is -0.370. The van der Waals surface area contributed by atoms with E-state index < -0.39 is 0 Å². The lowest BCUT2D eigenvalue weighted by Crippen LogP contribution is -2.43. The summed E-state index contributed by atoms with van der Waals surface area (Å²) in [6.45, 7) is 2.33. The molecule has 0 aromatic carbocycles. The van der Waals surface area contributed by atoms with Crippen molar-refractivity contribution < 1.29 is 4.79 Å². The minimum Gasteiger partial charge on any atom is -0.298 e. The molecule has 1 atom stereocenters. The summed E-state index contributed by atoms with van der Waals surface area (Å²) in [5.41, 5.74) is 0. The average Bonchev–Trinajstić information content (AvgIpc) is 2.47. The van der Waals surface area contributed by atoms with Crippen LogP contribution < -0.4 is 0 Å². The van der Waals surface area contributed by atoms with Crippen molar-refractivity contribution in [3.05, 3.63) is 0 Å². The molecule has 0 aromatic rings. The van der Waals surface area contributed by atoms with E-state index in [0.29, 0.717) is 11.8 Å². The fourth-order valence-corrected chi connectivity index (χ4v) is 2.76. The SMILES string of the molecule is O=C1CCCC[C@@H]1N1CCCCCC1. The van der Waals surface area contributed by atoms with E-state index in [4.69, 9.17) is 0 Å². The molecule has 1 heterocycles. The van der Waals surface area contributed by atoms with Gasteiger partial charge in [0.1, 0.15) is 5.78 Å². The molecular weight excluding hydrogens is 174 g/mol. The number of carbonyl (C=O) groups is 1. The van der Waals surface area contributed by atoms with Crippen LogP contribution in [0.4, 0.5) is 0 Å². The molecule has 0 spiro atoms. The van der Waals surface area contributed by atoms with Crippen LogP contribution in [0.25, 0.3) is 0 Å². The maximum atomic E-state index is 11.8. The third-order valence-electron chi connectivity index (χ3n) is 3.60. The van der Waals surface area contributed by atoms with Crippen molar-refractivity contribution in [1.82, 2.24) is 4.90 Å². The topological polar surface area (TPSA) is 20.3 Å². The summed E-state index contributed by atoms with van der Waals surface area (Å²) < 4.78 is 0. The Balaban J connectivity index is 1.93. The Morgan fingerprint density at radius 3 is 2.29 bits per heavy atom. The number of Topliss-reactive ketones (excluding diaryl/α,β-unsaturated/α-hetero) is 1. The number of hydrogen-bond acceptors (Lipinski definition) is 2. The Labute approximate surface area is 86.7 Å². The van der Waals surface area contributed by atoms with Crippen LogP contribution in [0.5, 0.6) is 0 Å². The largest absolute Gasteiger partial charge is 0.298 e. The predicted octanol–water partition coefficient (Wildman–Crippen LogP) is 2.37. The lowest BCUT2D eigenvalue weighted by atomic mass is 9.93. The van der Waals surface area contributed by atoms with Crippen molar-refractivity contribution in [3.63, 3.8) is 0 Å². The highest BCUT2D eigenvalue weighted by atomic mass is 16.1. The van der Waals surface area contributed by atoms with E-state index in [0.717, 1.165) is 32.4 Å². The van der Waals surface area contributed by atoms with Crippen molar-refractivity contribution >= 4 is 5.78 Å². The minimum absolute atomic E-state index is 0.293. The van der Waals surface area contributed by atoms with E-state index in [1.165, 1.54) is 32.1 Å². The highest BCUT2D eigenvalue weighted by Gasteiger charge is 2.27. The van der Waals surface area contributed by atoms with Gasteiger partial charge >= 0.3 is 0 Å². The van der Waals surface area contributed by atoms with E-state index in [1.807, 2.05) is 0 Å². The van der Waals surface area contributed by atoms with Gasteiger partial charge in [0.05, 0.1) is 6.04 Å².